The Morgan fingerprint density at radius 3 is 2.50 bits per heavy atom. The first-order chi connectivity index (χ1) is 15.6. The number of benzene rings is 1. The van der Waals surface area contributed by atoms with Gasteiger partial charge in [0.25, 0.3) is 5.91 Å². The van der Waals surface area contributed by atoms with Gasteiger partial charge in [0.2, 0.25) is 5.75 Å². The maximum Gasteiger partial charge on any atom is 0.272 e. The normalized spacial score (nSPS) is 10.9. The second kappa shape index (κ2) is 9.01. The molecule has 9 nitrogen and oxygen atoms in total. The summed E-state index contributed by atoms with van der Waals surface area (Å²) in [6, 6.07) is 11.1. The number of aromatic amines is 1. The molecule has 3 heterocycles. The van der Waals surface area contributed by atoms with Gasteiger partial charge in [-0.3, -0.25) is 9.89 Å². The highest BCUT2D eigenvalue weighted by molar-refractivity contribution is 5.93. The zero-order valence-corrected chi connectivity index (χ0v) is 18.5. The van der Waals surface area contributed by atoms with E-state index in [9.17, 15) is 4.79 Å². The number of ether oxygens (including phenoxy) is 3. The number of imidazole rings is 1. The number of hydrogen-bond donors (Lipinski definition) is 1. The van der Waals surface area contributed by atoms with E-state index in [1.165, 1.54) is 0 Å². The molecule has 1 N–H and O–H groups in total. The lowest BCUT2D eigenvalue weighted by atomic mass is 10.1. The third-order valence-corrected chi connectivity index (χ3v) is 5.28. The largest absolute Gasteiger partial charge is 0.493 e. The zero-order valence-electron chi connectivity index (χ0n) is 18.5. The van der Waals surface area contributed by atoms with Crippen molar-refractivity contribution in [1.29, 1.82) is 0 Å². The van der Waals surface area contributed by atoms with Crippen molar-refractivity contribution >= 4 is 11.6 Å². The van der Waals surface area contributed by atoms with Crippen LogP contribution in [0.4, 0.5) is 0 Å². The lowest BCUT2D eigenvalue weighted by Crippen LogP contribution is -2.31. The first kappa shape index (κ1) is 21.2. The molecule has 32 heavy (non-hydrogen) atoms. The number of carbonyl (C=O) groups excluding carboxylic acids is 1. The first-order valence-electron chi connectivity index (χ1n) is 10.2. The molecule has 1 aromatic carbocycles. The van der Waals surface area contributed by atoms with Crippen LogP contribution in [0.3, 0.4) is 0 Å². The second-order valence-corrected chi connectivity index (χ2v) is 7.08. The summed E-state index contributed by atoms with van der Waals surface area (Å²) in [7, 11) is 4.66. The van der Waals surface area contributed by atoms with Crippen LogP contribution < -0.4 is 14.2 Å². The van der Waals surface area contributed by atoms with E-state index in [1.807, 2.05) is 35.7 Å². The van der Waals surface area contributed by atoms with Crippen LogP contribution in [0.5, 0.6) is 17.2 Å². The summed E-state index contributed by atoms with van der Waals surface area (Å²) in [5.74, 6) is 1.38. The van der Waals surface area contributed by atoms with Gasteiger partial charge >= 0.3 is 0 Å². The number of hydrogen-bond acceptors (Lipinski definition) is 6. The number of nitrogens with zero attached hydrogens (tertiary/aromatic N) is 4. The van der Waals surface area contributed by atoms with Gasteiger partial charge in [-0.25, -0.2) is 4.98 Å². The SMILES string of the molecule is CCN(Cc1cnc2ccccn12)C(=O)c1cc(-c2cc(OC)c(OC)c(OC)c2)n[nH]1. The molecular weight excluding hydrogens is 410 g/mol. The van der Waals surface area contributed by atoms with Gasteiger partial charge in [0.15, 0.2) is 11.5 Å². The van der Waals surface area contributed by atoms with Crippen molar-refractivity contribution in [1.82, 2.24) is 24.5 Å². The second-order valence-electron chi connectivity index (χ2n) is 7.08. The molecule has 0 aliphatic rings. The summed E-state index contributed by atoms with van der Waals surface area (Å²) in [6.07, 6.45) is 3.73. The predicted octanol–water partition coefficient (Wildman–Crippen LogP) is 3.41. The maximum absolute atomic E-state index is 13.2. The Labute approximate surface area is 185 Å². The smallest absolute Gasteiger partial charge is 0.272 e. The van der Waals surface area contributed by atoms with Crippen molar-refractivity contribution in [2.75, 3.05) is 27.9 Å². The molecule has 4 aromatic rings. The van der Waals surface area contributed by atoms with Crippen LogP contribution in [0.15, 0.2) is 48.8 Å². The number of amides is 1. The standard InChI is InChI=1S/C23H25N5O4/c1-5-27(14-16-13-24-21-8-6-7-9-28(16)21)23(29)18-12-17(25-26-18)15-10-19(30-2)22(32-4)20(11-15)31-3/h6-13H,5,14H2,1-4H3,(H,25,26). The summed E-state index contributed by atoms with van der Waals surface area (Å²) in [5.41, 5.74) is 3.50. The highest BCUT2D eigenvalue weighted by atomic mass is 16.5. The average Bonchev–Trinajstić information content (AvgIpc) is 3.49. The van der Waals surface area contributed by atoms with Gasteiger partial charge in [-0.05, 0) is 37.3 Å². The van der Waals surface area contributed by atoms with Gasteiger partial charge in [0.05, 0.1) is 45.5 Å². The molecule has 0 spiro atoms. The highest BCUT2D eigenvalue weighted by Gasteiger charge is 2.21. The van der Waals surface area contributed by atoms with Crippen LogP contribution in [0.1, 0.15) is 23.1 Å². The summed E-state index contributed by atoms with van der Waals surface area (Å²) < 4.78 is 18.2. The number of rotatable bonds is 8. The molecule has 1 amide bonds. The summed E-state index contributed by atoms with van der Waals surface area (Å²) in [5, 5.41) is 7.20. The number of pyridine rings is 1. The van der Waals surface area contributed by atoms with Crippen LogP contribution in [0, 0.1) is 0 Å². The van der Waals surface area contributed by atoms with E-state index in [1.54, 1.807) is 50.6 Å². The lowest BCUT2D eigenvalue weighted by molar-refractivity contribution is 0.0744. The molecule has 0 aliphatic carbocycles. The monoisotopic (exact) mass is 435 g/mol. The molecule has 0 aliphatic heterocycles. The molecule has 0 saturated carbocycles. The minimum Gasteiger partial charge on any atom is -0.493 e. The fraction of sp³-hybridized carbons (Fsp3) is 0.261. The van der Waals surface area contributed by atoms with Gasteiger partial charge in [0, 0.05) is 18.3 Å². The Balaban J connectivity index is 1.60. The van der Waals surface area contributed by atoms with E-state index in [-0.39, 0.29) is 5.91 Å². The molecule has 166 valence electrons. The van der Waals surface area contributed by atoms with E-state index < -0.39 is 0 Å². The fourth-order valence-corrected chi connectivity index (χ4v) is 3.60. The summed E-state index contributed by atoms with van der Waals surface area (Å²) in [6.45, 7) is 2.91. The fourth-order valence-electron chi connectivity index (χ4n) is 3.60. The number of nitrogens with one attached hydrogen (secondary N) is 1. The minimum absolute atomic E-state index is 0.149. The Morgan fingerprint density at radius 2 is 1.84 bits per heavy atom. The molecule has 0 fully saturated rings. The number of carbonyl (C=O) groups is 1. The van der Waals surface area contributed by atoms with Crippen LogP contribution in [-0.2, 0) is 6.54 Å². The van der Waals surface area contributed by atoms with Gasteiger partial charge in [-0.15, -0.1) is 0 Å². The van der Waals surface area contributed by atoms with Crippen molar-refractivity contribution in [3.8, 4) is 28.5 Å². The van der Waals surface area contributed by atoms with Crippen molar-refractivity contribution in [3.05, 3.63) is 60.2 Å². The molecular formula is C23H25N5O4. The molecule has 0 radical (unpaired) electrons. The third kappa shape index (κ3) is 3.84. The summed E-state index contributed by atoms with van der Waals surface area (Å²) in [4.78, 5) is 19.3. The molecule has 0 unspecified atom stereocenters. The van der Waals surface area contributed by atoms with Gasteiger partial charge in [-0.2, -0.15) is 5.10 Å². The number of H-pyrrole nitrogens is 1. The van der Waals surface area contributed by atoms with E-state index in [2.05, 4.69) is 15.2 Å². The number of methoxy groups -OCH3 is 3. The van der Waals surface area contributed by atoms with Crippen molar-refractivity contribution in [3.63, 3.8) is 0 Å². The van der Waals surface area contributed by atoms with Gasteiger partial charge < -0.3 is 23.5 Å². The Bertz CT molecular complexity index is 1220. The highest BCUT2D eigenvalue weighted by Crippen LogP contribution is 2.40. The topological polar surface area (TPSA) is 94.0 Å². The van der Waals surface area contributed by atoms with Gasteiger partial charge in [-0.1, -0.05) is 6.07 Å². The lowest BCUT2D eigenvalue weighted by Gasteiger charge is -2.19. The molecule has 3 aromatic heterocycles. The first-order valence-corrected chi connectivity index (χ1v) is 10.2. The Hall–Kier alpha value is -4.01. The Morgan fingerprint density at radius 1 is 1.09 bits per heavy atom. The molecule has 0 bridgehead atoms. The van der Waals surface area contributed by atoms with E-state index in [0.29, 0.717) is 41.7 Å². The van der Waals surface area contributed by atoms with Crippen molar-refractivity contribution in [2.45, 2.75) is 13.5 Å². The third-order valence-electron chi connectivity index (χ3n) is 5.28. The molecule has 4 rings (SSSR count). The van der Waals surface area contributed by atoms with Crippen LogP contribution >= 0.6 is 0 Å². The van der Waals surface area contributed by atoms with E-state index in [0.717, 1.165) is 16.9 Å². The van der Waals surface area contributed by atoms with Crippen LogP contribution in [0.2, 0.25) is 0 Å². The van der Waals surface area contributed by atoms with Crippen molar-refractivity contribution in [2.24, 2.45) is 0 Å². The average molecular weight is 435 g/mol. The quantitative estimate of drug-likeness (QED) is 0.456. The molecule has 9 heteroatoms. The van der Waals surface area contributed by atoms with Gasteiger partial charge in [0.1, 0.15) is 11.3 Å². The summed E-state index contributed by atoms with van der Waals surface area (Å²) >= 11 is 0. The number of fused-ring (bicyclic) bond motifs is 1. The van der Waals surface area contributed by atoms with Crippen LogP contribution in [0.25, 0.3) is 16.9 Å². The molecule has 0 atom stereocenters. The van der Waals surface area contributed by atoms with Crippen LogP contribution in [-0.4, -0.2) is 58.3 Å². The zero-order chi connectivity index (χ0) is 22.7. The minimum atomic E-state index is -0.149. The van der Waals surface area contributed by atoms with E-state index >= 15 is 0 Å². The maximum atomic E-state index is 13.2. The van der Waals surface area contributed by atoms with Crippen molar-refractivity contribution < 1.29 is 19.0 Å². The Kier molecular flexibility index (Phi) is 5.98. The number of aromatic nitrogens is 4. The predicted molar refractivity (Wildman–Crippen MR) is 119 cm³/mol. The van der Waals surface area contributed by atoms with E-state index in [4.69, 9.17) is 14.2 Å². The molecule has 0 saturated heterocycles.